The van der Waals surface area contributed by atoms with Crippen LogP contribution in [0.5, 0.6) is 0 Å². The molecule has 106 valence electrons. The van der Waals surface area contributed by atoms with E-state index in [0.717, 1.165) is 19.6 Å². The van der Waals surface area contributed by atoms with Crippen molar-refractivity contribution >= 4 is 0 Å². The summed E-state index contributed by atoms with van der Waals surface area (Å²) < 4.78 is 5.75. The van der Waals surface area contributed by atoms with Gasteiger partial charge in [-0.25, -0.2) is 0 Å². The van der Waals surface area contributed by atoms with Crippen LogP contribution in [0.3, 0.4) is 0 Å². The summed E-state index contributed by atoms with van der Waals surface area (Å²) in [5.41, 5.74) is 3.01. The van der Waals surface area contributed by atoms with E-state index >= 15 is 0 Å². The van der Waals surface area contributed by atoms with Crippen molar-refractivity contribution in [3.8, 4) is 0 Å². The van der Waals surface area contributed by atoms with Crippen LogP contribution in [0.4, 0.5) is 0 Å². The van der Waals surface area contributed by atoms with Crippen LogP contribution in [0, 0.1) is 11.8 Å². The van der Waals surface area contributed by atoms with E-state index in [2.05, 4.69) is 50.5 Å². The molecule has 0 heterocycles. The minimum atomic E-state index is 0.493. The average Bonchev–Trinajstić information content (AvgIpc) is 2.42. The van der Waals surface area contributed by atoms with Gasteiger partial charge in [-0.3, -0.25) is 0 Å². The van der Waals surface area contributed by atoms with E-state index in [9.17, 15) is 0 Å². The third kappa shape index (κ3) is 3.80. The van der Waals surface area contributed by atoms with Gasteiger partial charge in [0.05, 0.1) is 0 Å². The van der Waals surface area contributed by atoms with Gasteiger partial charge in [-0.1, -0.05) is 38.1 Å². The van der Waals surface area contributed by atoms with Crippen LogP contribution in [-0.4, -0.2) is 20.3 Å². The van der Waals surface area contributed by atoms with E-state index in [1.54, 1.807) is 0 Å². The first-order valence-electron chi connectivity index (χ1n) is 7.55. The Morgan fingerprint density at radius 3 is 2.84 bits per heavy atom. The van der Waals surface area contributed by atoms with Crippen molar-refractivity contribution in [3.05, 3.63) is 35.4 Å². The average molecular weight is 261 g/mol. The second-order valence-electron chi connectivity index (χ2n) is 6.02. The molecule has 0 saturated carbocycles. The molecule has 2 nitrogen and oxygen atoms in total. The maximum absolute atomic E-state index is 5.75. The van der Waals surface area contributed by atoms with Gasteiger partial charge in [-0.2, -0.15) is 0 Å². The number of benzene rings is 1. The minimum absolute atomic E-state index is 0.493. The molecule has 0 bridgehead atoms. The maximum Gasteiger partial charge on any atom is 0.0488 e. The molecular formula is C17H27NO. The summed E-state index contributed by atoms with van der Waals surface area (Å²) in [5, 5.41) is 3.50. The SMILES string of the molecule is CNC1c2ccccc2CCC1CCOCC(C)C. The lowest BCUT2D eigenvalue weighted by atomic mass is 9.78. The van der Waals surface area contributed by atoms with Gasteiger partial charge in [0.1, 0.15) is 0 Å². The number of aryl methyl sites for hydroxylation is 1. The van der Waals surface area contributed by atoms with Crippen LogP contribution in [0.25, 0.3) is 0 Å². The first-order chi connectivity index (χ1) is 9.22. The topological polar surface area (TPSA) is 21.3 Å². The number of rotatable bonds is 6. The van der Waals surface area contributed by atoms with E-state index in [-0.39, 0.29) is 0 Å². The Bertz CT molecular complexity index is 389. The highest BCUT2D eigenvalue weighted by molar-refractivity contribution is 5.32. The summed E-state index contributed by atoms with van der Waals surface area (Å²) in [6.45, 7) is 6.18. The van der Waals surface area contributed by atoms with E-state index in [0.29, 0.717) is 17.9 Å². The molecule has 1 aromatic carbocycles. The fourth-order valence-corrected chi connectivity index (χ4v) is 3.08. The highest BCUT2D eigenvalue weighted by atomic mass is 16.5. The summed E-state index contributed by atoms with van der Waals surface area (Å²) in [7, 11) is 2.08. The molecule has 0 spiro atoms. The summed E-state index contributed by atoms with van der Waals surface area (Å²) in [5.74, 6) is 1.33. The zero-order valence-corrected chi connectivity index (χ0v) is 12.5. The molecular weight excluding hydrogens is 234 g/mol. The normalized spacial score (nSPS) is 22.5. The molecule has 2 rings (SSSR count). The molecule has 19 heavy (non-hydrogen) atoms. The van der Waals surface area contributed by atoms with Crippen molar-refractivity contribution in [3.63, 3.8) is 0 Å². The van der Waals surface area contributed by atoms with Crippen molar-refractivity contribution in [2.75, 3.05) is 20.3 Å². The van der Waals surface area contributed by atoms with Gasteiger partial charge < -0.3 is 10.1 Å². The fourth-order valence-electron chi connectivity index (χ4n) is 3.08. The Labute approximate surface area is 117 Å². The number of ether oxygens (including phenoxy) is 1. The Balaban J connectivity index is 1.92. The van der Waals surface area contributed by atoms with Crippen molar-refractivity contribution in [2.24, 2.45) is 11.8 Å². The Morgan fingerprint density at radius 2 is 2.11 bits per heavy atom. The minimum Gasteiger partial charge on any atom is -0.381 e. The van der Waals surface area contributed by atoms with Crippen LogP contribution < -0.4 is 5.32 Å². The van der Waals surface area contributed by atoms with Crippen molar-refractivity contribution in [2.45, 2.75) is 39.2 Å². The molecule has 0 saturated heterocycles. The standard InChI is InChI=1S/C17H27NO/c1-13(2)12-19-11-10-15-9-8-14-6-4-5-7-16(14)17(15)18-3/h4-7,13,15,17-18H,8-12H2,1-3H3. The molecule has 0 radical (unpaired) electrons. The quantitative estimate of drug-likeness (QED) is 0.790. The molecule has 2 atom stereocenters. The van der Waals surface area contributed by atoms with Crippen LogP contribution in [0.15, 0.2) is 24.3 Å². The van der Waals surface area contributed by atoms with Crippen LogP contribution in [0.2, 0.25) is 0 Å². The predicted octanol–water partition coefficient (Wildman–Crippen LogP) is 3.57. The molecule has 0 amide bonds. The zero-order chi connectivity index (χ0) is 13.7. The van der Waals surface area contributed by atoms with Crippen molar-refractivity contribution in [1.82, 2.24) is 5.32 Å². The Hall–Kier alpha value is -0.860. The van der Waals surface area contributed by atoms with Crippen molar-refractivity contribution < 1.29 is 4.74 Å². The van der Waals surface area contributed by atoms with Gasteiger partial charge in [0, 0.05) is 19.3 Å². The van der Waals surface area contributed by atoms with E-state index in [4.69, 9.17) is 4.74 Å². The smallest absolute Gasteiger partial charge is 0.0488 e. The first kappa shape index (κ1) is 14.5. The summed E-state index contributed by atoms with van der Waals surface area (Å²) >= 11 is 0. The highest BCUT2D eigenvalue weighted by Crippen LogP contribution is 2.35. The number of hydrogen-bond acceptors (Lipinski definition) is 2. The summed E-state index contributed by atoms with van der Waals surface area (Å²) in [6, 6.07) is 9.34. The number of hydrogen-bond donors (Lipinski definition) is 1. The molecule has 2 unspecified atom stereocenters. The Kier molecular flexibility index (Phi) is 5.41. The Morgan fingerprint density at radius 1 is 1.32 bits per heavy atom. The van der Waals surface area contributed by atoms with Gasteiger partial charge in [0.25, 0.3) is 0 Å². The third-order valence-electron chi connectivity index (χ3n) is 4.04. The molecule has 1 aromatic rings. The largest absolute Gasteiger partial charge is 0.381 e. The second kappa shape index (κ2) is 7.06. The van der Waals surface area contributed by atoms with Crippen LogP contribution in [0.1, 0.15) is 43.9 Å². The molecule has 1 aliphatic rings. The van der Waals surface area contributed by atoms with Gasteiger partial charge in [-0.05, 0) is 49.3 Å². The fraction of sp³-hybridized carbons (Fsp3) is 0.647. The van der Waals surface area contributed by atoms with Crippen molar-refractivity contribution in [1.29, 1.82) is 0 Å². The van der Waals surface area contributed by atoms with Crippen LogP contribution >= 0.6 is 0 Å². The highest BCUT2D eigenvalue weighted by Gasteiger charge is 2.27. The van der Waals surface area contributed by atoms with Crippen LogP contribution in [-0.2, 0) is 11.2 Å². The lowest BCUT2D eigenvalue weighted by Gasteiger charge is -2.33. The van der Waals surface area contributed by atoms with Gasteiger partial charge >= 0.3 is 0 Å². The van der Waals surface area contributed by atoms with E-state index < -0.39 is 0 Å². The summed E-state index contributed by atoms with van der Waals surface area (Å²) in [4.78, 5) is 0. The molecule has 0 aromatic heterocycles. The van der Waals surface area contributed by atoms with Gasteiger partial charge in [0.2, 0.25) is 0 Å². The maximum atomic E-state index is 5.75. The molecule has 1 aliphatic carbocycles. The predicted molar refractivity (Wildman–Crippen MR) is 80.3 cm³/mol. The zero-order valence-electron chi connectivity index (χ0n) is 12.5. The lowest BCUT2D eigenvalue weighted by Crippen LogP contribution is -2.31. The molecule has 0 aliphatic heterocycles. The first-order valence-corrected chi connectivity index (χ1v) is 7.55. The number of fused-ring (bicyclic) bond motifs is 1. The van der Waals surface area contributed by atoms with E-state index in [1.165, 1.54) is 24.0 Å². The molecule has 1 N–H and O–H groups in total. The molecule has 0 fully saturated rings. The third-order valence-corrected chi connectivity index (χ3v) is 4.04. The monoisotopic (exact) mass is 261 g/mol. The van der Waals surface area contributed by atoms with Gasteiger partial charge in [0.15, 0.2) is 0 Å². The second-order valence-corrected chi connectivity index (χ2v) is 6.02. The summed E-state index contributed by atoms with van der Waals surface area (Å²) in [6.07, 6.45) is 3.64. The molecule has 2 heteroatoms. The van der Waals surface area contributed by atoms with Gasteiger partial charge in [-0.15, -0.1) is 0 Å². The number of nitrogens with one attached hydrogen (secondary N) is 1. The van der Waals surface area contributed by atoms with E-state index in [1.807, 2.05) is 0 Å². The lowest BCUT2D eigenvalue weighted by molar-refractivity contribution is 0.0908.